The molecule has 0 aliphatic carbocycles. The van der Waals surface area contributed by atoms with Crippen LogP contribution in [0.2, 0.25) is 0 Å². The Bertz CT molecular complexity index is 726. The number of ether oxygens (including phenoxy) is 3. The second kappa shape index (κ2) is 8.78. The molecule has 0 aliphatic heterocycles. The minimum atomic E-state index is -0.210. The summed E-state index contributed by atoms with van der Waals surface area (Å²) in [6, 6.07) is 11.3. The molecule has 0 saturated heterocycles. The second-order valence-electron chi connectivity index (χ2n) is 5.33. The largest absolute Gasteiger partial charge is 0.493 e. The van der Waals surface area contributed by atoms with Gasteiger partial charge in [-0.15, -0.1) is 0 Å². The molecule has 0 fully saturated rings. The maximum atomic E-state index is 12.1. The van der Waals surface area contributed by atoms with Crippen molar-refractivity contribution in [2.75, 3.05) is 26.6 Å². The molecule has 1 N–H and O–H groups in total. The molecule has 2 aromatic rings. The van der Waals surface area contributed by atoms with Crippen molar-refractivity contribution in [3.8, 4) is 17.2 Å². The monoisotopic (exact) mass is 341 g/mol. The van der Waals surface area contributed by atoms with E-state index < -0.39 is 0 Å². The van der Waals surface area contributed by atoms with E-state index in [1.54, 1.807) is 39.5 Å². The van der Waals surface area contributed by atoms with Crippen molar-refractivity contribution in [2.45, 2.75) is 13.3 Å². The molecular formula is C20H23NO4. The number of methoxy groups -OCH3 is 3. The Kier molecular flexibility index (Phi) is 6.46. The SMILES string of the molecule is CCc1ccc(NC(=O)C=Cc2cc(OC)c(OC)c(OC)c2)cc1. The molecule has 25 heavy (non-hydrogen) atoms. The number of aryl methyl sites for hydroxylation is 1. The van der Waals surface area contributed by atoms with Gasteiger partial charge in [-0.3, -0.25) is 4.79 Å². The molecule has 0 heterocycles. The van der Waals surface area contributed by atoms with Gasteiger partial charge in [0.15, 0.2) is 11.5 Å². The predicted molar refractivity (Wildman–Crippen MR) is 99.6 cm³/mol. The molecule has 0 aliphatic rings. The van der Waals surface area contributed by atoms with E-state index >= 15 is 0 Å². The van der Waals surface area contributed by atoms with Crippen LogP contribution in [0, 0.1) is 0 Å². The first-order chi connectivity index (χ1) is 12.1. The van der Waals surface area contributed by atoms with Crippen LogP contribution in [0.25, 0.3) is 6.08 Å². The highest BCUT2D eigenvalue weighted by atomic mass is 16.5. The first-order valence-corrected chi connectivity index (χ1v) is 7.99. The van der Waals surface area contributed by atoms with Crippen molar-refractivity contribution >= 4 is 17.7 Å². The Balaban J connectivity index is 2.13. The van der Waals surface area contributed by atoms with Crippen LogP contribution >= 0.6 is 0 Å². The van der Waals surface area contributed by atoms with Gasteiger partial charge in [-0.2, -0.15) is 0 Å². The van der Waals surface area contributed by atoms with Crippen molar-refractivity contribution in [1.82, 2.24) is 0 Å². The molecule has 2 rings (SSSR count). The van der Waals surface area contributed by atoms with Gasteiger partial charge in [0, 0.05) is 11.8 Å². The van der Waals surface area contributed by atoms with Gasteiger partial charge in [0.25, 0.3) is 0 Å². The fourth-order valence-corrected chi connectivity index (χ4v) is 2.38. The van der Waals surface area contributed by atoms with Gasteiger partial charge >= 0.3 is 0 Å². The molecule has 1 amide bonds. The van der Waals surface area contributed by atoms with Crippen LogP contribution in [0.3, 0.4) is 0 Å². The average molecular weight is 341 g/mol. The predicted octanol–water partition coefficient (Wildman–Crippen LogP) is 3.93. The molecule has 5 nitrogen and oxygen atoms in total. The number of rotatable bonds is 7. The maximum Gasteiger partial charge on any atom is 0.248 e. The highest BCUT2D eigenvalue weighted by Gasteiger charge is 2.12. The van der Waals surface area contributed by atoms with Crippen LogP contribution in [0.1, 0.15) is 18.1 Å². The number of carbonyl (C=O) groups excluding carboxylic acids is 1. The van der Waals surface area contributed by atoms with Crippen LogP contribution in [0.5, 0.6) is 17.2 Å². The lowest BCUT2D eigenvalue weighted by atomic mass is 10.1. The van der Waals surface area contributed by atoms with Crippen LogP contribution in [0.15, 0.2) is 42.5 Å². The van der Waals surface area contributed by atoms with E-state index in [-0.39, 0.29) is 5.91 Å². The number of nitrogens with one attached hydrogen (secondary N) is 1. The van der Waals surface area contributed by atoms with Gasteiger partial charge < -0.3 is 19.5 Å². The minimum Gasteiger partial charge on any atom is -0.493 e. The molecule has 0 spiro atoms. The van der Waals surface area contributed by atoms with Crippen LogP contribution < -0.4 is 19.5 Å². The Morgan fingerprint density at radius 3 is 2.08 bits per heavy atom. The lowest BCUT2D eigenvalue weighted by Crippen LogP contribution is -2.07. The fraction of sp³-hybridized carbons (Fsp3) is 0.250. The Labute approximate surface area is 148 Å². The maximum absolute atomic E-state index is 12.1. The first-order valence-electron chi connectivity index (χ1n) is 7.99. The van der Waals surface area contributed by atoms with E-state index in [1.807, 2.05) is 24.3 Å². The lowest BCUT2D eigenvalue weighted by molar-refractivity contribution is -0.111. The van der Waals surface area contributed by atoms with E-state index in [0.717, 1.165) is 17.7 Å². The number of benzene rings is 2. The zero-order chi connectivity index (χ0) is 18.2. The summed E-state index contributed by atoms with van der Waals surface area (Å²) in [5.74, 6) is 1.38. The Morgan fingerprint density at radius 1 is 1.00 bits per heavy atom. The standard InChI is InChI=1S/C20H23NO4/c1-5-14-6-9-16(10-7-14)21-19(22)11-8-15-12-17(23-2)20(25-4)18(13-15)24-3/h6-13H,5H2,1-4H3,(H,21,22). The Morgan fingerprint density at radius 2 is 1.60 bits per heavy atom. The molecule has 0 unspecified atom stereocenters. The van der Waals surface area contributed by atoms with Gasteiger partial charge in [0.05, 0.1) is 21.3 Å². The normalized spacial score (nSPS) is 10.6. The molecule has 0 radical (unpaired) electrons. The third kappa shape index (κ3) is 4.76. The Hall–Kier alpha value is -2.95. The van der Waals surface area contributed by atoms with Gasteiger partial charge in [-0.05, 0) is 47.9 Å². The lowest BCUT2D eigenvalue weighted by Gasteiger charge is -2.12. The second-order valence-corrected chi connectivity index (χ2v) is 5.33. The van der Waals surface area contributed by atoms with Crippen molar-refractivity contribution in [3.63, 3.8) is 0 Å². The average Bonchev–Trinajstić information content (AvgIpc) is 2.65. The smallest absolute Gasteiger partial charge is 0.248 e. The van der Waals surface area contributed by atoms with E-state index in [9.17, 15) is 4.79 Å². The summed E-state index contributed by atoms with van der Waals surface area (Å²) < 4.78 is 15.9. The zero-order valence-electron chi connectivity index (χ0n) is 15.0. The van der Waals surface area contributed by atoms with E-state index in [2.05, 4.69) is 12.2 Å². The fourth-order valence-electron chi connectivity index (χ4n) is 2.38. The summed E-state index contributed by atoms with van der Waals surface area (Å²) in [7, 11) is 4.65. The van der Waals surface area contributed by atoms with Gasteiger partial charge in [-0.1, -0.05) is 19.1 Å². The molecule has 2 aromatic carbocycles. The zero-order valence-corrected chi connectivity index (χ0v) is 15.0. The number of anilines is 1. The van der Waals surface area contributed by atoms with Gasteiger partial charge in [-0.25, -0.2) is 0 Å². The summed E-state index contributed by atoms with van der Waals surface area (Å²) in [6.45, 7) is 2.09. The van der Waals surface area contributed by atoms with Crippen molar-refractivity contribution in [2.24, 2.45) is 0 Å². The third-order valence-corrected chi connectivity index (χ3v) is 3.74. The van der Waals surface area contributed by atoms with Gasteiger partial charge in [0.1, 0.15) is 0 Å². The van der Waals surface area contributed by atoms with Crippen LogP contribution in [-0.4, -0.2) is 27.2 Å². The summed E-state index contributed by atoms with van der Waals surface area (Å²) in [5.41, 5.74) is 2.76. The highest BCUT2D eigenvalue weighted by Crippen LogP contribution is 2.38. The summed E-state index contributed by atoms with van der Waals surface area (Å²) in [5, 5.41) is 2.83. The number of hydrogen-bond acceptors (Lipinski definition) is 4. The summed E-state index contributed by atoms with van der Waals surface area (Å²) >= 11 is 0. The third-order valence-electron chi connectivity index (χ3n) is 3.74. The van der Waals surface area contributed by atoms with Gasteiger partial charge in [0.2, 0.25) is 11.7 Å². The topological polar surface area (TPSA) is 56.8 Å². The molecule has 5 heteroatoms. The van der Waals surface area contributed by atoms with Crippen LogP contribution in [-0.2, 0) is 11.2 Å². The molecule has 0 bridgehead atoms. The highest BCUT2D eigenvalue weighted by molar-refractivity contribution is 6.02. The van der Waals surface area contributed by atoms with E-state index in [4.69, 9.17) is 14.2 Å². The molecule has 0 saturated carbocycles. The summed E-state index contributed by atoms with van der Waals surface area (Å²) in [6.07, 6.45) is 4.13. The van der Waals surface area contributed by atoms with Crippen molar-refractivity contribution < 1.29 is 19.0 Å². The molecular weight excluding hydrogens is 318 g/mol. The molecule has 0 aromatic heterocycles. The number of carbonyl (C=O) groups is 1. The summed E-state index contributed by atoms with van der Waals surface area (Å²) in [4.78, 5) is 12.1. The van der Waals surface area contributed by atoms with E-state index in [1.165, 1.54) is 11.6 Å². The molecule has 132 valence electrons. The quantitative estimate of drug-likeness (QED) is 0.775. The van der Waals surface area contributed by atoms with Crippen molar-refractivity contribution in [1.29, 1.82) is 0 Å². The van der Waals surface area contributed by atoms with E-state index in [0.29, 0.717) is 17.2 Å². The number of hydrogen-bond donors (Lipinski definition) is 1. The first kappa shape index (κ1) is 18.4. The van der Waals surface area contributed by atoms with Crippen LogP contribution in [0.4, 0.5) is 5.69 Å². The van der Waals surface area contributed by atoms with Crippen molar-refractivity contribution in [3.05, 3.63) is 53.6 Å². The number of amides is 1. The molecule has 0 atom stereocenters. The minimum absolute atomic E-state index is 0.210.